The summed E-state index contributed by atoms with van der Waals surface area (Å²) in [7, 11) is 0. The molecule has 1 aromatic heterocycles. The lowest BCUT2D eigenvalue weighted by Gasteiger charge is -2.26. The minimum absolute atomic E-state index is 0.189. The van der Waals surface area contributed by atoms with Crippen LogP contribution in [-0.2, 0) is 17.8 Å². The lowest BCUT2D eigenvalue weighted by molar-refractivity contribution is 0.0546. The number of hydrogen-bond acceptors (Lipinski definition) is 5. The molecule has 9 nitrogen and oxygen atoms in total. The first-order valence-corrected chi connectivity index (χ1v) is 14.8. The summed E-state index contributed by atoms with van der Waals surface area (Å²) in [6.07, 6.45) is 3.24. The molecule has 0 spiro atoms. The lowest BCUT2D eigenvalue weighted by atomic mass is 9.92. The Morgan fingerprint density at radius 1 is 0.953 bits per heavy atom. The summed E-state index contributed by atoms with van der Waals surface area (Å²) >= 11 is 0. The second-order valence-electron chi connectivity index (χ2n) is 12.3. The standard InChI is InChI=1S/C34H37N5O4/c1-34(2,3)43-33(42)39-28-14-7-21(20-38-15-5-4-6-16-38)17-23(28)18-29(39)26-13-12-25(27-19-36-31(40)30(26)27)22-8-10-24(11-9-22)37-32(35)41/h7-14,17-18H,4-6,15-16,19-20H2,1-3H3,(H,36,40)(H3,35,37,41). The first-order chi connectivity index (χ1) is 20.6. The van der Waals surface area contributed by atoms with Crippen molar-refractivity contribution in [2.45, 2.75) is 58.7 Å². The molecule has 1 fully saturated rings. The van der Waals surface area contributed by atoms with Crippen LogP contribution in [0.2, 0.25) is 0 Å². The maximum absolute atomic E-state index is 13.7. The molecule has 0 aliphatic carbocycles. The van der Waals surface area contributed by atoms with E-state index in [2.05, 4.69) is 27.7 Å². The fraction of sp³-hybridized carbons (Fsp3) is 0.324. The Hall–Kier alpha value is -4.63. The van der Waals surface area contributed by atoms with E-state index in [1.165, 1.54) is 24.8 Å². The van der Waals surface area contributed by atoms with Gasteiger partial charge in [0.15, 0.2) is 0 Å². The number of nitrogens with zero attached hydrogens (tertiary/aromatic N) is 2. The van der Waals surface area contributed by atoms with Crippen molar-refractivity contribution in [1.82, 2.24) is 14.8 Å². The number of nitrogens with two attached hydrogens (primary N) is 1. The van der Waals surface area contributed by atoms with Gasteiger partial charge in [-0.2, -0.15) is 0 Å². The molecular weight excluding hydrogens is 542 g/mol. The molecule has 4 N–H and O–H groups in total. The third-order valence-electron chi connectivity index (χ3n) is 8.00. The fourth-order valence-electron chi connectivity index (χ4n) is 6.15. The molecule has 3 heterocycles. The smallest absolute Gasteiger partial charge is 0.419 e. The number of fused-ring (bicyclic) bond motifs is 2. The third-order valence-corrected chi connectivity index (χ3v) is 8.00. The van der Waals surface area contributed by atoms with E-state index in [1.54, 1.807) is 16.7 Å². The lowest BCUT2D eigenvalue weighted by Crippen LogP contribution is -2.29. The minimum Gasteiger partial charge on any atom is -0.443 e. The van der Waals surface area contributed by atoms with Crippen LogP contribution in [0.4, 0.5) is 15.3 Å². The van der Waals surface area contributed by atoms with Gasteiger partial charge in [0.25, 0.3) is 5.91 Å². The largest absolute Gasteiger partial charge is 0.443 e. The van der Waals surface area contributed by atoms with Crippen molar-refractivity contribution in [3.63, 3.8) is 0 Å². The molecule has 2 aliphatic rings. The number of primary amides is 1. The monoisotopic (exact) mass is 579 g/mol. The molecule has 222 valence electrons. The summed E-state index contributed by atoms with van der Waals surface area (Å²) in [6, 6.07) is 18.7. The van der Waals surface area contributed by atoms with Gasteiger partial charge in [-0.15, -0.1) is 0 Å². The first-order valence-electron chi connectivity index (χ1n) is 14.8. The van der Waals surface area contributed by atoms with Crippen LogP contribution in [0.15, 0.2) is 60.7 Å². The van der Waals surface area contributed by atoms with E-state index < -0.39 is 17.7 Å². The summed E-state index contributed by atoms with van der Waals surface area (Å²) in [5, 5.41) is 6.46. The number of hydrogen-bond donors (Lipinski definition) is 3. The highest BCUT2D eigenvalue weighted by molar-refractivity contribution is 6.08. The van der Waals surface area contributed by atoms with E-state index in [-0.39, 0.29) is 5.91 Å². The van der Waals surface area contributed by atoms with Crippen molar-refractivity contribution >= 4 is 34.6 Å². The SMILES string of the molecule is CC(C)(C)OC(=O)n1c(-c2ccc(-c3ccc(NC(N)=O)cc3)c3c2C(=O)NC3)cc2cc(CN3CCCCC3)ccc21. The van der Waals surface area contributed by atoms with Crippen molar-refractivity contribution in [2.75, 3.05) is 18.4 Å². The number of piperidine rings is 1. The number of carbonyl (C=O) groups is 3. The summed E-state index contributed by atoms with van der Waals surface area (Å²) in [5.74, 6) is -0.189. The van der Waals surface area contributed by atoms with E-state index in [1.807, 2.05) is 57.2 Å². The number of aromatic nitrogens is 1. The summed E-state index contributed by atoms with van der Waals surface area (Å²) in [6.45, 7) is 8.96. The number of benzene rings is 3. The fourth-order valence-corrected chi connectivity index (χ4v) is 6.15. The predicted octanol–water partition coefficient (Wildman–Crippen LogP) is 6.48. The molecule has 0 radical (unpaired) electrons. The molecule has 4 aromatic rings. The highest BCUT2D eigenvalue weighted by atomic mass is 16.6. The number of urea groups is 1. The van der Waals surface area contributed by atoms with Crippen molar-refractivity contribution in [2.24, 2.45) is 5.73 Å². The second-order valence-corrected chi connectivity index (χ2v) is 12.3. The van der Waals surface area contributed by atoms with Gasteiger partial charge in [0.05, 0.1) is 16.8 Å². The number of carbonyl (C=O) groups excluding carboxylic acids is 3. The summed E-state index contributed by atoms with van der Waals surface area (Å²) < 4.78 is 7.45. The van der Waals surface area contributed by atoms with Gasteiger partial charge in [-0.25, -0.2) is 14.2 Å². The van der Waals surface area contributed by atoms with Crippen LogP contribution >= 0.6 is 0 Å². The van der Waals surface area contributed by atoms with Gasteiger partial charge >= 0.3 is 12.1 Å². The van der Waals surface area contributed by atoms with Gasteiger partial charge in [0, 0.05) is 29.7 Å². The molecule has 1 saturated heterocycles. The van der Waals surface area contributed by atoms with Crippen LogP contribution in [0.1, 0.15) is 61.5 Å². The van der Waals surface area contributed by atoms with Crippen LogP contribution in [0.5, 0.6) is 0 Å². The van der Waals surface area contributed by atoms with Gasteiger partial charge in [-0.3, -0.25) is 9.69 Å². The van der Waals surface area contributed by atoms with Crippen LogP contribution in [0, 0.1) is 0 Å². The summed E-state index contributed by atoms with van der Waals surface area (Å²) in [4.78, 5) is 40.7. The Bertz CT molecular complexity index is 1730. The van der Waals surface area contributed by atoms with Gasteiger partial charge < -0.3 is 21.1 Å². The van der Waals surface area contributed by atoms with Crippen LogP contribution in [-0.4, -0.2) is 46.2 Å². The zero-order valence-electron chi connectivity index (χ0n) is 24.8. The van der Waals surface area contributed by atoms with Gasteiger partial charge in [-0.05, 0) is 99.3 Å². The zero-order valence-corrected chi connectivity index (χ0v) is 24.8. The third kappa shape index (κ3) is 5.85. The average Bonchev–Trinajstić information content (AvgIpc) is 3.53. The number of rotatable bonds is 5. The number of ether oxygens (including phenoxy) is 1. The number of nitrogens with one attached hydrogen (secondary N) is 2. The predicted molar refractivity (Wildman–Crippen MR) is 168 cm³/mol. The second kappa shape index (κ2) is 11.2. The van der Waals surface area contributed by atoms with E-state index in [4.69, 9.17) is 10.5 Å². The molecular formula is C34H37N5O4. The molecule has 0 saturated carbocycles. The number of amides is 3. The molecule has 6 rings (SSSR count). The average molecular weight is 580 g/mol. The Labute approximate surface area is 251 Å². The Morgan fingerprint density at radius 3 is 2.37 bits per heavy atom. The van der Waals surface area contributed by atoms with E-state index in [0.29, 0.717) is 29.1 Å². The Morgan fingerprint density at radius 2 is 1.67 bits per heavy atom. The van der Waals surface area contributed by atoms with Crippen molar-refractivity contribution in [3.8, 4) is 22.4 Å². The maximum atomic E-state index is 13.7. The molecule has 0 atom stereocenters. The van der Waals surface area contributed by atoms with Gasteiger partial charge in [0.1, 0.15) is 5.60 Å². The summed E-state index contributed by atoms with van der Waals surface area (Å²) in [5.41, 5.74) is 11.5. The topological polar surface area (TPSA) is 119 Å². The number of likely N-dealkylation sites (tertiary alicyclic amines) is 1. The van der Waals surface area contributed by atoms with Crippen LogP contribution in [0.3, 0.4) is 0 Å². The first kappa shape index (κ1) is 28.5. The molecule has 3 aromatic carbocycles. The van der Waals surface area contributed by atoms with E-state index in [0.717, 1.165) is 47.2 Å². The molecule has 9 heteroatoms. The minimum atomic E-state index is -0.697. The molecule has 2 aliphatic heterocycles. The molecule has 0 bridgehead atoms. The zero-order chi connectivity index (χ0) is 30.3. The molecule has 0 unspecified atom stereocenters. The van der Waals surface area contributed by atoms with Crippen LogP contribution in [0.25, 0.3) is 33.3 Å². The van der Waals surface area contributed by atoms with Crippen molar-refractivity contribution < 1.29 is 19.1 Å². The van der Waals surface area contributed by atoms with Crippen molar-refractivity contribution in [3.05, 3.63) is 77.4 Å². The Kier molecular flexibility index (Phi) is 7.43. The highest BCUT2D eigenvalue weighted by Gasteiger charge is 2.30. The van der Waals surface area contributed by atoms with Crippen molar-refractivity contribution in [1.29, 1.82) is 0 Å². The highest BCUT2D eigenvalue weighted by Crippen LogP contribution is 2.39. The van der Waals surface area contributed by atoms with Gasteiger partial charge in [-0.1, -0.05) is 36.8 Å². The Balaban J connectivity index is 1.46. The van der Waals surface area contributed by atoms with Gasteiger partial charge in [0.2, 0.25) is 0 Å². The molecule has 3 amide bonds. The van der Waals surface area contributed by atoms with E-state index in [9.17, 15) is 14.4 Å². The maximum Gasteiger partial charge on any atom is 0.419 e. The van der Waals surface area contributed by atoms with Crippen LogP contribution < -0.4 is 16.4 Å². The normalized spacial score (nSPS) is 15.3. The molecule has 43 heavy (non-hydrogen) atoms. The van der Waals surface area contributed by atoms with E-state index >= 15 is 0 Å². The number of anilines is 1. The quantitative estimate of drug-likeness (QED) is 0.250.